The predicted octanol–water partition coefficient (Wildman–Crippen LogP) is 4.98. The van der Waals surface area contributed by atoms with E-state index in [0.717, 1.165) is 5.56 Å². The second-order valence-electron chi connectivity index (χ2n) is 8.34. The van der Waals surface area contributed by atoms with Crippen LogP contribution in [-0.2, 0) is 18.8 Å². The monoisotopic (exact) mass is 509 g/mol. The van der Waals surface area contributed by atoms with Crippen LogP contribution in [0.1, 0.15) is 27.0 Å². The van der Waals surface area contributed by atoms with Crippen LogP contribution in [-0.4, -0.2) is 45.2 Å². The summed E-state index contributed by atoms with van der Waals surface area (Å²) in [5, 5.41) is 3.67. The van der Waals surface area contributed by atoms with Gasteiger partial charge in [-0.1, -0.05) is 66.7 Å². The Bertz CT molecular complexity index is 1200. The number of aryl methyl sites for hydroxylation is 2. The molecule has 8 heteroatoms. The molecule has 3 aromatic carbocycles. The molecule has 0 bridgehead atoms. The third-order valence-electron chi connectivity index (χ3n) is 5.83. The number of nitrogens with one attached hydrogen (secondary N) is 1. The highest BCUT2D eigenvalue weighted by atomic mass is 31.2. The zero-order chi connectivity index (χ0) is 26.1. The lowest BCUT2D eigenvalue weighted by Crippen LogP contribution is -2.24. The highest BCUT2D eigenvalue weighted by Crippen LogP contribution is 2.48. The minimum absolute atomic E-state index is 0.0719. The molecular formula is C28H32NO6P. The van der Waals surface area contributed by atoms with Crippen molar-refractivity contribution in [1.82, 2.24) is 0 Å². The van der Waals surface area contributed by atoms with Crippen LogP contribution in [0, 0.1) is 20.8 Å². The van der Waals surface area contributed by atoms with Crippen molar-refractivity contribution < 1.29 is 28.4 Å². The van der Waals surface area contributed by atoms with Gasteiger partial charge in [-0.15, -0.1) is 0 Å². The van der Waals surface area contributed by atoms with Gasteiger partial charge in [-0.05, 0) is 37.5 Å². The van der Waals surface area contributed by atoms with Crippen LogP contribution in [0.15, 0.2) is 66.7 Å². The zero-order valence-corrected chi connectivity index (χ0v) is 22.0. The molecule has 36 heavy (non-hydrogen) atoms. The van der Waals surface area contributed by atoms with E-state index >= 15 is 0 Å². The van der Waals surface area contributed by atoms with E-state index in [1.165, 1.54) is 0 Å². The number of benzene rings is 3. The van der Waals surface area contributed by atoms with Crippen molar-refractivity contribution in [2.24, 2.45) is 0 Å². The van der Waals surface area contributed by atoms with Crippen molar-refractivity contribution in [1.29, 1.82) is 0 Å². The van der Waals surface area contributed by atoms with Crippen LogP contribution in [0.2, 0.25) is 0 Å². The van der Waals surface area contributed by atoms with Gasteiger partial charge in [0, 0.05) is 23.3 Å². The maximum Gasteiger partial charge on any atom is 0.411 e. The van der Waals surface area contributed by atoms with Crippen LogP contribution >= 0.6 is 7.14 Å². The molecule has 0 aliphatic heterocycles. The minimum Gasteiger partial charge on any atom is -0.447 e. The van der Waals surface area contributed by atoms with E-state index in [4.69, 9.17) is 14.2 Å². The Labute approximate surface area is 212 Å². The lowest BCUT2D eigenvalue weighted by Gasteiger charge is -2.22. The van der Waals surface area contributed by atoms with Crippen LogP contribution in [0.5, 0.6) is 0 Å². The van der Waals surface area contributed by atoms with Crippen LogP contribution < -0.4 is 15.9 Å². The summed E-state index contributed by atoms with van der Waals surface area (Å²) in [7, 11) is -2.12. The molecule has 0 aromatic heterocycles. The first-order valence-corrected chi connectivity index (χ1v) is 13.4. The molecule has 190 valence electrons. The average Bonchev–Trinajstić information content (AvgIpc) is 2.89. The number of carbonyl (C=O) groups is 2. The largest absolute Gasteiger partial charge is 0.447 e. The molecule has 3 aromatic rings. The number of methoxy groups -OCH3 is 1. The Kier molecular flexibility index (Phi) is 9.59. The quantitative estimate of drug-likeness (QED) is 0.290. The van der Waals surface area contributed by atoms with Crippen molar-refractivity contribution in [2.75, 3.05) is 38.9 Å². The van der Waals surface area contributed by atoms with E-state index in [9.17, 15) is 14.2 Å². The van der Waals surface area contributed by atoms with Gasteiger partial charge in [-0.3, -0.25) is 10.1 Å². The molecule has 0 spiro atoms. The summed E-state index contributed by atoms with van der Waals surface area (Å²) < 4.78 is 30.0. The zero-order valence-electron chi connectivity index (χ0n) is 21.1. The molecule has 3 rings (SSSR count). The standard InChI is InChI=1S/C28H32NO6P/c1-20-19-21(2)26(29-28(31)35-18-17-34-16-15-33-4)22(3)25(20)27(30)36(32,23-11-7-5-8-12-23)24-13-9-6-10-14-24/h5-14,19H,15-18H2,1-4H3,(H,29,31). The molecule has 0 saturated carbocycles. The lowest BCUT2D eigenvalue weighted by atomic mass is 9.98. The highest BCUT2D eigenvalue weighted by Gasteiger charge is 2.38. The van der Waals surface area contributed by atoms with Crippen molar-refractivity contribution in [2.45, 2.75) is 20.8 Å². The molecule has 0 atom stereocenters. The third-order valence-corrected chi connectivity index (χ3v) is 8.68. The molecule has 1 amide bonds. The number of ether oxygens (including phenoxy) is 3. The molecule has 0 heterocycles. The Morgan fingerprint density at radius 1 is 0.806 bits per heavy atom. The molecule has 0 aliphatic carbocycles. The van der Waals surface area contributed by atoms with E-state index in [-0.39, 0.29) is 13.2 Å². The Balaban J connectivity index is 1.94. The number of anilines is 1. The number of amides is 1. The molecule has 7 nitrogen and oxygen atoms in total. The van der Waals surface area contributed by atoms with Gasteiger partial charge in [0.25, 0.3) is 0 Å². The average molecular weight is 510 g/mol. The second kappa shape index (κ2) is 12.6. The minimum atomic E-state index is -3.70. The number of carbonyl (C=O) groups excluding carboxylic acids is 2. The maximum atomic E-state index is 14.6. The summed E-state index contributed by atoms with van der Waals surface area (Å²) in [6.07, 6.45) is -0.659. The van der Waals surface area contributed by atoms with E-state index in [2.05, 4.69) is 5.32 Å². The molecule has 0 unspecified atom stereocenters. The van der Waals surface area contributed by atoms with E-state index in [1.54, 1.807) is 62.6 Å². The van der Waals surface area contributed by atoms with Gasteiger partial charge < -0.3 is 18.8 Å². The highest BCUT2D eigenvalue weighted by molar-refractivity contribution is 7.93. The molecule has 0 radical (unpaired) electrons. The van der Waals surface area contributed by atoms with Crippen molar-refractivity contribution in [3.05, 3.63) is 89.0 Å². The molecule has 0 aliphatic rings. The number of hydrogen-bond donors (Lipinski definition) is 1. The normalized spacial score (nSPS) is 11.2. The first-order chi connectivity index (χ1) is 17.3. The van der Waals surface area contributed by atoms with Gasteiger partial charge >= 0.3 is 6.09 Å². The summed E-state index contributed by atoms with van der Waals surface area (Å²) in [5.74, 6) is 0. The Morgan fingerprint density at radius 3 is 1.92 bits per heavy atom. The van der Waals surface area contributed by atoms with E-state index in [1.807, 2.05) is 32.0 Å². The summed E-state index contributed by atoms with van der Waals surface area (Å²) in [6, 6.07) is 19.4. The Morgan fingerprint density at radius 2 is 1.36 bits per heavy atom. The maximum absolute atomic E-state index is 14.6. The van der Waals surface area contributed by atoms with Gasteiger partial charge in [0.1, 0.15) is 6.61 Å². The van der Waals surface area contributed by atoms with Crippen LogP contribution in [0.3, 0.4) is 0 Å². The van der Waals surface area contributed by atoms with Crippen molar-refractivity contribution >= 4 is 35.1 Å². The van der Waals surface area contributed by atoms with Crippen molar-refractivity contribution in [3.63, 3.8) is 0 Å². The summed E-state index contributed by atoms with van der Waals surface area (Å²) in [4.78, 5) is 26.6. The van der Waals surface area contributed by atoms with Crippen LogP contribution in [0.25, 0.3) is 0 Å². The predicted molar refractivity (Wildman–Crippen MR) is 142 cm³/mol. The van der Waals surface area contributed by atoms with Gasteiger partial charge in [-0.25, -0.2) is 4.79 Å². The van der Waals surface area contributed by atoms with Crippen LogP contribution in [0.4, 0.5) is 10.5 Å². The van der Waals surface area contributed by atoms with E-state index < -0.39 is 18.8 Å². The fraction of sp³-hybridized carbons (Fsp3) is 0.286. The number of hydrogen-bond acceptors (Lipinski definition) is 6. The molecule has 0 saturated heterocycles. The van der Waals surface area contributed by atoms with Gasteiger partial charge in [0.05, 0.1) is 25.5 Å². The second-order valence-corrected chi connectivity index (χ2v) is 11.0. The molecular weight excluding hydrogens is 477 g/mol. The first kappa shape index (κ1) is 27.3. The summed E-state index contributed by atoms with van der Waals surface area (Å²) >= 11 is 0. The summed E-state index contributed by atoms with van der Waals surface area (Å²) in [6.45, 7) is 6.58. The van der Waals surface area contributed by atoms with Crippen molar-refractivity contribution in [3.8, 4) is 0 Å². The fourth-order valence-electron chi connectivity index (χ4n) is 4.10. The number of rotatable bonds is 11. The smallest absolute Gasteiger partial charge is 0.411 e. The molecule has 0 fully saturated rings. The fourth-order valence-corrected chi connectivity index (χ4v) is 6.71. The van der Waals surface area contributed by atoms with Gasteiger partial charge in [-0.2, -0.15) is 0 Å². The SMILES string of the molecule is COCCOCCOC(=O)Nc1c(C)cc(C)c(C(=O)P(=O)(c2ccccc2)c2ccccc2)c1C. The van der Waals surface area contributed by atoms with E-state index in [0.29, 0.717) is 46.2 Å². The summed E-state index contributed by atoms with van der Waals surface area (Å²) in [5.41, 5.74) is 2.31. The van der Waals surface area contributed by atoms with Gasteiger partial charge in [0.2, 0.25) is 12.7 Å². The third kappa shape index (κ3) is 6.11. The first-order valence-electron chi connectivity index (χ1n) is 11.7. The van der Waals surface area contributed by atoms with Gasteiger partial charge in [0.15, 0.2) is 0 Å². The Hall–Kier alpha value is -3.25. The topological polar surface area (TPSA) is 90.9 Å². The lowest BCUT2D eigenvalue weighted by molar-refractivity contribution is 0.0447. The molecule has 1 N–H and O–H groups in total.